The SMILES string of the molecule is Oc1cc2ccc3cccc4ccc(c1-c1cccc(-c5[c-]c(-c6nncc7ccccc67)ccc5)n1)c2c34.[Pt]. The number of pyridine rings is 1. The van der Waals surface area contributed by atoms with Crippen molar-refractivity contribution in [2.24, 2.45) is 0 Å². The van der Waals surface area contributed by atoms with Crippen molar-refractivity contribution in [3.05, 3.63) is 121 Å². The van der Waals surface area contributed by atoms with Gasteiger partial charge in [0.2, 0.25) is 0 Å². The van der Waals surface area contributed by atoms with Crippen LogP contribution in [0.25, 0.3) is 76.9 Å². The van der Waals surface area contributed by atoms with Gasteiger partial charge in [-0.3, -0.25) is 4.98 Å². The fraction of sp³-hybridized carbons (Fsp3) is 0. The third kappa shape index (κ3) is 3.76. The maximum Gasteiger partial charge on any atom is 0.126 e. The molecule has 0 amide bonds. The molecule has 8 aromatic rings. The topological polar surface area (TPSA) is 58.9 Å². The van der Waals surface area contributed by atoms with Gasteiger partial charge in [-0.25, -0.2) is 0 Å². The molecule has 8 rings (SSSR count). The Morgan fingerprint density at radius 3 is 2.17 bits per heavy atom. The zero-order chi connectivity index (χ0) is 25.9. The van der Waals surface area contributed by atoms with Crippen molar-refractivity contribution < 1.29 is 26.2 Å². The van der Waals surface area contributed by atoms with Crippen LogP contribution in [0.15, 0.2) is 115 Å². The van der Waals surface area contributed by atoms with Crippen molar-refractivity contribution in [1.82, 2.24) is 15.2 Å². The molecule has 0 unspecified atom stereocenters. The van der Waals surface area contributed by atoms with Crippen molar-refractivity contribution in [1.29, 1.82) is 0 Å². The van der Waals surface area contributed by atoms with Crippen LogP contribution in [-0.2, 0) is 21.1 Å². The summed E-state index contributed by atoms with van der Waals surface area (Å²) in [6.07, 6.45) is 1.77. The van der Waals surface area contributed by atoms with E-state index in [9.17, 15) is 5.11 Å². The van der Waals surface area contributed by atoms with Gasteiger partial charge in [-0.05, 0) is 55.2 Å². The van der Waals surface area contributed by atoms with E-state index in [-0.39, 0.29) is 26.8 Å². The minimum absolute atomic E-state index is 0. The number of phenolic OH excluding ortho intramolecular Hbond substituents is 1. The van der Waals surface area contributed by atoms with E-state index in [0.29, 0.717) is 5.69 Å². The van der Waals surface area contributed by atoms with Gasteiger partial charge in [-0.15, -0.1) is 24.3 Å². The predicted molar refractivity (Wildman–Crippen MR) is 158 cm³/mol. The van der Waals surface area contributed by atoms with Gasteiger partial charge in [0.15, 0.2) is 0 Å². The Morgan fingerprint density at radius 1 is 0.575 bits per heavy atom. The van der Waals surface area contributed by atoms with Gasteiger partial charge in [0.1, 0.15) is 5.75 Å². The third-order valence-corrected chi connectivity index (χ3v) is 7.53. The zero-order valence-electron chi connectivity index (χ0n) is 21.1. The summed E-state index contributed by atoms with van der Waals surface area (Å²) in [7, 11) is 0. The molecule has 0 bridgehead atoms. The Hall–Kier alpha value is -4.66. The molecule has 0 spiro atoms. The van der Waals surface area contributed by atoms with Crippen LogP contribution in [0.4, 0.5) is 0 Å². The van der Waals surface area contributed by atoms with Crippen LogP contribution in [0.2, 0.25) is 0 Å². The molecular formula is C35H20N3OPt-. The van der Waals surface area contributed by atoms with Crippen LogP contribution >= 0.6 is 0 Å². The summed E-state index contributed by atoms with van der Waals surface area (Å²) in [5.41, 5.74) is 4.71. The van der Waals surface area contributed by atoms with Gasteiger partial charge in [0.05, 0.1) is 11.9 Å². The summed E-state index contributed by atoms with van der Waals surface area (Å²) in [4.78, 5) is 5.03. The minimum atomic E-state index is 0. The normalized spacial score (nSPS) is 11.4. The second-order valence-electron chi connectivity index (χ2n) is 9.79. The quantitative estimate of drug-likeness (QED) is 0.149. The van der Waals surface area contributed by atoms with E-state index in [4.69, 9.17) is 4.98 Å². The second-order valence-corrected chi connectivity index (χ2v) is 9.79. The molecule has 6 aromatic carbocycles. The third-order valence-electron chi connectivity index (χ3n) is 7.53. The van der Waals surface area contributed by atoms with Gasteiger partial charge in [-0.2, -0.15) is 10.2 Å². The largest absolute Gasteiger partial charge is 0.507 e. The van der Waals surface area contributed by atoms with E-state index in [0.717, 1.165) is 55.0 Å². The van der Waals surface area contributed by atoms with E-state index in [2.05, 4.69) is 64.8 Å². The summed E-state index contributed by atoms with van der Waals surface area (Å²) in [5, 5.41) is 28.7. The van der Waals surface area contributed by atoms with Crippen LogP contribution in [-0.4, -0.2) is 20.3 Å². The van der Waals surface area contributed by atoms with Crippen LogP contribution in [0.1, 0.15) is 0 Å². The number of nitrogens with zero attached hydrogens (tertiary/aromatic N) is 3. The van der Waals surface area contributed by atoms with Gasteiger partial charge in [-0.1, -0.05) is 90.0 Å². The average molecular weight is 694 g/mol. The molecule has 0 fully saturated rings. The van der Waals surface area contributed by atoms with Gasteiger partial charge < -0.3 is 5.11 Å². The van der Waals surface area contributed by atoms with E-state index in [1.165, 1.54) is 16.2 Å². The monoisotopic (exact) mass is 693 g/mol. The molecule has 192 valence electrons. The molecule has 40 heavy (non-hydrogen) atoms. The minimum Gasteiger partial charge on any atom is -0.507 e. The Kier molecular flexibility index (Phi) is 5.80. The molecule has 0 radical (unpaired) electrons. The molecule has 0 saturated heterocycles. The summed E-state index contributed by atoms with van der Waals surface area (Å²) in [6.45, 7) is 0. The number of aromatic nitrogens is 3. The zero-order valence-corrected chi connectivity index (χ0v) is 23.3. The first-order valence-electron chi connectivity index (χ1n) is 12.8. The van der Waals surface area contributed by atoms with E-state index in [1.54, 1.807) is 6.20 Å². The molecule has 0 atom stereocenters. The van der Waals surface area contributed by atoms with Gasteiger partial charge in [0, 0.05) is 38.0 Å². The molecule has 4 nitrogen and oxygen atoms in total. The molecule has 2 aromatic heterocycles. The number of hydrogen-bond acceptors (Lipinski definition) is 4. The second kappa shape index (κ2) is 9.51. The van der Waals surface area contributed by atoms with Crippen LogP contribution in [0.5, 0.6) is 5.75 Å². The van der Waals surface area contributed by atoms with Crippen molar-refractivity contribution in [3.8, 4) is 39.5 Å². The number of fused-ring (bicyclic) bond motifs is 1. The number of aromatic hydroxyl groups is 1. The van der Waals surface area contributed by atoms with Crippen molar-refractivity contribution in [2.75, 3.05) is 0 Å². The first-order chi connectivity index (χ1) is 19.2. The molecule has 0 aliphatic heterocycles. The number of hydrogen-bond donors (Lipinski definition) is 1. The molecule has 0 aliphatic carbocycles. The summed E-state index contributed by atoms with van der Waals surface area (Å²) in [6, 6.07) is 40.1. The van der Waals surface area contributed by atoms with E-state index in [1.807, 2.05) is 60.7 Å². The fourth-order valence-electron chi connectivity index (χ4n) is 5.77. The Balaban J connectivity index is 0.00000264. The smallest absolute Gasteiger partial charge is 0.126 e. The standard InChI is InChI=1S/C35H20N3O.Pt/c39-31-19-24-15-14-21-7-3-8-22-16-17-28(33(24)32(21)22)34(31)30-13-5-12-29(37-30)23-9-4-10-25(18-23)35-27-11-2-1-6-26(27)20-36-38-35;/h1-17,19-20,39H;/q-1;. The first-order valence-corrected chi connectivity index (χ1v) is 12.8. The molecule has 0 saturated carbocycles. The van der Waals surface area contributed by atoms with Crippen LogP contribution in [0.3, 0.4) is 0 Å². The van der Waals surface area contributed by atoms with E-state index < -0.39 is 0 Å². The first kappa shape index (κ1) is 24.4. The Labute approximate surface area is 244 Å². The maximum absolute atomic E-state index is 11.2. The van der Waals surface area contributed by atoms with Crippen molar-refractivity contribution in [2.45, 2.75) is 0 Å². The van der Waals surface area contributed by atoms with Crippen molar-refractivity contribution in [3.63, 3.8) is 0 Å². The summed E-state index contributed by atoms with van der Waals surface area (Å²) in [5.74, 6) is 0.217. The summed E-state index contributed by atoms with van der Waals surface area (Å²) < 4.78 is 0. The molecule has 5 heteroatoms. The molecular weight excluding hydrogens is 673 g/mol. The van der Waals surface area contributed by atoms with Gasteiger partial charge in [0.25, 0.3) is 0 Å². The number of benzene rings is 6. The predicted octanol–water partition coefficient (Wildman–Crippen LogP) is 8.43. The van der Waals surface area contributed by atoms with Gasteiger partial charge >= 0.3 is 0 Å². The maximum atomic E-state index is 11.2. The molecule has 0 aliphatic rings. The van der Waals surface area contributed by atoms with Crippen LogP contribution in [0, 0.1) is 6.07 Å². The Morgan fingerprint density at radius 2 is 1.27 bits per heavy atom. The van der Waals surface area contributed by atoms with Crippen molar-refractivity contribution >= 4 is 43.1 Å². The number of phenols is 1. The summed E-state index contributed by atoms with van der Waals surface area (Å²) >= 11 is 0. The fourth-order valence-corrected chi connectivity index (χ4v) is 5.77. The van der Waals surface area contributed by atoms with E-state index >= 15 is 0 Å². The number of rotatable bonds is 3. The Bertz CT molecular complexity index is 2190. The molecule has 1 N–H and O–H groups in total. The van der Waals surface area contributed by atoms with Crippen LogP contribution < -0.4 is 0 Å². The average Bonchev–Trinajstić information content (AvgIpc) is 2.99. The molecule has 2 heterocycles.